The molecule has 0 spiro atoms. The van der Waals surface area contributed by atoms with Crippen molar-refractivity contribution in [1.82, 2.24) is 0 Å². The van der Waals surface area contributed by atoms with Gasteiger partial charge in [-0.1, -0.05) is 12.1 Å². The zero-order valence-electron chi connectivity index (χ0n) is 11.3. The van der Waals surface area contributed by atoms with Crippen LogP contribution in [0.2, 0.25) is 0 Å². The molecule has 20 heavy (non-hydrogen) atoms. The normalized spacial score (nSPS) is 8.10. The molecule has 0 saturated carbocycles. The predicted molar refractivity (Wildman–Crippen MR) is 67.8 cm³/mol. The fourth-order valence-electron chi connectivity index (χ4n) is 1.22. The zero-order valence-corrected chi connectivity index (χ0v) is 12.1. The van der Waals surface area contributed by atoms with E-state index in [-0.39, 0.29) is 29.7 Å². The van der Waals surface area contributed by atoms with Crippen molar-refractivity contribution in [3.63, 3.8) is 0 Å². The third-order valence-corrected chi connectivity index (χ3v) is 2.16. The van der Waals surface area contributed by atoms with E-state index in [2.05, 4.69) is 0 Å². The molecule has 0 aliphatic heterocycles. The maximum absolute atomic E-state index is 10.6. The Hall–Kier alpha value is -2.11. The number of aromatic nitrogens is 2. The van der Waals surface area contributed by atoms with Crippen molar-refractivity contribution in [2.45, 2.75) is 13.8 Å². The van der Waals surface area contributed by atoms with Crippen LogP contribution >= 0.6 is 0 Å². The van der Waals surface area contributed by atoms with Crippen LogP contribution in [0.25, 0.3) is 0 Å². The fourth-order valence-corrected chi connectivity index (χ4v) is 1.22. The summed E-state index contributed by atoms with van der Waals surface area (Å²) in [7, 11) is 0. The predicted octanol–water partition coefficient (Wildman–Crippen LogP) is -1.90. The number of nitrogens with zero attached hydrogens (tertiary/aromatic N) is 2. The maximum atomic E-state index is 10.6. The molecule has 0 fully saturated rings. The summed E-state index contributed by atoms with van der Waals surface area (Å²) in [6, 6.07) is 11.0. The van der Waals surface area contributed by atoms with E-state index in [1.807, 2.05) is 36.4 Å². The maximum Gasteiger partial charge on any atom is 0.389 e. The summed E-state index contributed by atoms with van der Waals surface area (Å²) in [6.07, 6.45) is 6.90. The monoisotopic (exact) mass is 296 g/mol. The Balaban J connectivity index is 0. The van der Waals surface area contributed by atoms with Crippen LogP contribution in [0, 0.1) is 0 Å². The summed E-state index contributed by atoms with van der Waals surface area (Å²) in [4.78, 5) is 21.2. The average Bonchev–Trinajstić information content (AvgIpc) is 2.41. The lowest BCUT2D eigenvalue weighted by Gasteiger charge is -1.83. The highest BCUT2D eigenvalue weighted by molar-refractivity contribution is 5.63. The standard InChI is InChI=1S/2C7H8NO.ClH.H2O/c2*1-7(9)8-5-3-2-4-6-8;;/h2*2-6H,1H3;1H;1H2/q2*+1;;/p-2. The van der Waals surface area contributed by atoms with Gasteiger partial charge in [-0.15, -0.1) is 9.13 Å². The van der Waals surface area contributed by atoms with E-state index in [1.54, 1.807) is 24.8 Å². The number of pyridine rings is 2. The van der Waals surface area contributed by atoms with E-state index in [4.69, 9.17) is 0 Å². The molecule has 2 heterocycles. The molecule has 0 unspecified atom stereocenters. The van der Waals surface area contributed by atoms with Gasteiger partial charge in [0.1, 0.15) is 0 Å². The Morgan fingerprint density at radius 1 is 0.650 bits per heavy atom. The van der Waals surface area contributed by atoms with Crippen LogP contribution in [0.4, 0.5) is 0 Å². The van der Waals surface area contributed by atoms with E-state index in [9.17, 15) is 9.59 Å². The van der Waals surface area contributed by atoms with Gasteiger partial charge < -0.3 is 17.9 Å². The number of carbonyl (C=O) groups is 2. The minimum atomic E-state index is 0. The van der Waals surface area contributed by atoms with Crippen molar-refractivity contribution in [3.8, 4) is 0 Å². The van der Waals surface area contributed by atoms with Crippen LogP contribution in [0.1, 0.15) is 23.4 Å². The molecule has 0 aliphatic carbocycles. The second-order valence-electron chi connectivity index (χ2n) is 3.60. The molecular weight excluding hydrogens is 280 g/mol. The summed E-state index contributed by atoms with van der Waals surface area (Å²) in [6.45, 7) is 3.06. The Morgan fingerprint density at radius 2 is 0.900 bits per heavy atom. The quantitative estimate of drug-likeness (QED) is 0.533. The van der Waals surface area contributed by atoms with Gasteiger partial charge >= 0.3 is 11.8 Å². The number of halogens is 1. The molecular formula is C14H17ClN2O3. The first-order chi connectivity index (χ1) is 8.61. The van der Waals surface area contributed by atoms with Crippen LogP contribution in [-0.2, 0) is 0 Å². The van der Waals surface area contributed by atoms with Gasteiger partial charge in [-0.2, -0.15) is 0 Å². The second kappa shape index (κ2) is 10.8. The number of hydrogen-bond acceptors (Lipinski definition) is 3. The summed E-state index contributed by atoms with van der Waals surface area (Å²) in [5, 5.41) is 0. The van der Waals surface area contributed by atoms with Crippen LogP contribution in [0.3, 0.4) is 0 Å². The van der Waals surface area contributed by atoms with Gasteiger partial charge in [-0.25, -0.2) is 9.59 Å². The van der Waals surface area contributed by atoms with Crippen molar-refractivity contribution in [3.05, 3.63) is 61.2 Å². The molecule has 2 aromatic heterocycles. The van der Waals surface area contributed by atoms with Crippen molar-refractivity contribution in [2.24, 2.45) is 0 Å². The van der Waals surface area contributed by atoms with Crippen LogP contribution in [0.5, 0.6) is 0 Å². The third kappa shape index (κ3) is 7.35. The third-order valence-electron chi connectivity index (χ3n) is 2.16. The van der Waals surface area contributed by atoms with E-state index in [0.29, 0.717) is 0 Å². The van der Waals surface area contributed by atoms with Gasteiger partial charge in [0.2, 0.25) is 0 Å². The molecule has 0 aliphatic rings. The smallest absolute Gasteiger partial charge is 0.389 e. The van der Waals surface area contributed by atoms with Crippen molar-refractivity contribution < 1.29 is 36.6 Å². The van der Waals surface area contributed by atoms with E-state index < -0.39 is 0 Å². The zero-order chi connectivity index (χ0) is 13.4. The van der Waals surface area contributed by atoms with Crippen LogP contribution < -0.4 is 21.5 Å². The van der Waals surface area contributed by atoms with Crippen molar-refractivity contribution in [2.75, 3.05) is 0 Å². The van der Waals surface area contributed by atoms with Gasteiger partial charge in [0.05, 0.1) is 13.8 Å². The lowest BCUT2D eigenvalue weighted by molar-refractivity contribution is -0.573. The highest BCUT2D eigenvalue weighted by Crippen LogP contribution is 1.76. The SMILES string of the molecule is CC(=O)[n+]1ccccc1.CC(=O)[n+]1ccccc1.[Cl-].[OH-]. The van der Waals surface area contributed by atoms with Crippen LogP contribution in [-0.4, -0.2) is 17.3 Å². The highest BCUT2D eigenvalue weighted by atomic mass is 35.5. The molecule has 0 saturated heterocycles. The minimum Gasteiger partial charge on any atom is -1.00 e. The molecule has 0 amide bonds. The largest absolute Gasteiger partial charge is 1.00 e. The lowest BCUT2D eigenvalue weighted by atomic mass is 10.5. The first kappa shape index (κ1) is 20.2. The molecule has 2 aromatic rings. The summed E-state index contributed by atoms with van der Waals surface area (Å²) in [5.41, 5.74) is 0. The molecule has 2 rings (SSSR count). The average molecular weight is 297 g/mol. The first-order valence-electron chi connectivity index (χ1n) is 5.55. The molecule has 5 nitrogen and oxygen atoms in total. The summed E-state index contributed by atoms with van der Waals surface area (Å²) >= 11 is 0. The Bertz CT molecular complexity index is 469. The number of rotatable bonds is 0. The molecule has 0 bridgehead atoms. The fraction of sp³-hybridized carbons (Fsp3) is 0.143. The van der Waals surface area contributed by atoms with Gasteiger partial charge in [0, 0.05) is 24.3 Å². The van der Waals surface area contributed by atoms with E-state index >= 15 is 0 Å². The molecule has 0 atom stereocenters. The topological polar surface area (TPSA) is 71.9 Å². The van der Waals surface area contributed by atoms with Gasteiger partial charge in [0.15, 0.2) is 24.8 Å². The minimum absolute atomic E-state index is 0. The molecule has 108 valence electrons. The van der Waals surface area contributed by atoms with Crippen LogP contribution in [0.15, 0.2) is 61.2 Å². The number of hydrogen-bond donors (Lipinski definition) is 0. The summed E-state index contributed by atoms with van der Waals surface area (Å²) in [5.74, 6) is 0.0752. The van der Waals surface area contributed by atoms with E-state index in [1.165, 1.54) is 23.0 Å². The molecule has 0 aromatic carbocycles. The van der Waals surface area contributed by atoms with Gasteiger partial charge in [0.25, 0.3) is 0 Å². The second-order valence-corrected chi connectivity index (χ2v) is 3.60. The van der Waals surface area contributed by atoms with Crippen molar-refractivity contribution >= 4 is 11.8 Å². The lowest BCUT2D eigenvalue weighted by Crippen LogP contribution is -3.00. The summed E-state index contributed by atoms with van der Waals surface area (Å²) < 4.78 is 3.06. The Labute approximate surface area is 124 Å². The van der Waals surface area contributed by atoms with E-state index in [0.717, 1.165) is 0 Å². The number of carbonyl (C=O) groups excluding carboxylic acids is 2. The highest BCUT2D eigenvalue weighted by Gasteiger charge is 2.02. The first-order valence-corrected chi connectivity index (χ1v) is 5.55. The molecule has 1 N–H and O–H groups in total. The van der Waals surface area contributed by atoms with Gasteiger partial charge in [-0.3, -0.25) is 0 Å². The van der Waals surface area contributed by atoms with Gasteiger partial charge in [-0.05, 0) is 0 Å². The Kier molecular flexibility index (Phi) is 10.9. The molecule has 0 radical (unpaired) electrons. The van der Waals surface area contributed by atoms with Crippen molar-refractivity contribution in [1.29, 1.82) is 0 Å². The Morgan fingerprint density at radius 3 is 1.05 bits per heavy atom. The molecule has 6 heteroatoms.